The highest BCUT2D eigenvalue weighted by atomic mass is 32.2. The zero-order valence-electron chi connectivity index (χ0n) is 16.7. The van der Waals surface area contributed by atoms with Gasteiger partial charge in [-0.25, -0.2) is 17.2 Å². The Kier molecular flexibility index (Phi) is 5.32. The van der Waals surface area contributed by atoms with Crippen molar-refractivity contribution >= 4 is 21.4 Å². The Morgan fingerprint density at radius 3 is 2.48 bits per heavy atom. The van der Waals surface area contributed by atoms with E-state index >= 15 is 0 Å². The number of sulfonamides is 1. The average molecular weight is 444 g/mol. The SMILES string of the molecule is COc1cccc(CN(c2cc(F)cc(F)c2)S(=O)(=O)c2cccn3c(C)nnc23)c1. The van der Waals surface area contributed by atoms with Gasteiger partial charge in [0.1, 0.15) is 28.1 Å². The number of aryl methyl sites for hydroxylation is 1. The van der Waals surface area contributed by atoms with Gasteiger partial charge >= 0.3 is 0 Å². The number of benzene rings is 2. The molecule has 2 aromatic carbocycles. The van der Waals surface area contributed by atoms with Gasteiger partial charge in [-0.15, -0.1) is 10.2 Å². The summed E-state index contributed by atoms with van der Waals surface area (Å²) in [6, 6.07) is 12.3. The minimum absolute atomic E-state index is 0.118. The molecular weight excluding hydrogens is 426 g/mol. The number of anilines is 1. The van der Waals surface area contributed by atoms with Gasteiger partial charge in [0.25, 0.3) is 10.0 Å². The van der Waals surface area contributed by atoms with Crippen LogP contribution in [0, 0.1) is 18.6 Å². The van der Waals surface area contributed by atoms with Gasteiger partial charge in [-0.3, -0.25) is 8.71 Å². The second-order valence-corrected chi connectivity index (χ2v) is 8.63. The molecule has 4 aromatic rings. The third-order valence-corrected chi connectivity index (χ3v) is 6.53. The summed E-state index contributed by atoms with van der Waals surface area (Å²) in [4.78, 5) is -0.136. The maximum atomic E-state index is 14.0. The Balaban J connectivity index is 1.90. The van der Waals surface area contributed by atoms with Crippen LogP contribution < -0.4 is 9.04 Å². The smallest absolute Gasteiger partial charge is 0.268 e. The zero-order valence-corrected chi connectivity index (χ0v) is 17.5. The van der Waals surface area contributed by atoms with Crippen LogP contribution in [0.15, 0.2) is 65.7 Å². The fourth-order valence-electron chi connectivity index (χ4n) is 3.26. The summed E-state index contributed by atoms with van der Waals surface area (Å²) in [5.41, 5.74) is 0.531. The van der Waals surface area contributed by atoms with Crippen molar-refractivity contribution in [2.75, 3.05) is 11.4 Å². The summed E-state index contributed by atoms with van der Waals surface area (Å²) in [6.45, 7) is 1.50. The Labute approximate surface area is 177 Å². The third-order valence-electron chi connectivity index (χ3n) is 4.73. The molecule has 0 aliphatic heterocycles. The number of rotatable bonds is 6. The van der Waals surface area contributed by atoms with Gasteiger partial charge in [-0.2, -0.15) is 0 Å². The van der Waals surface area contributed by atoms with E-state index < -0.39 is 21.7 Å². The van der Waals surface area contributed by atoms with E-state index in [-0.39, 0.29) is 22.8 Å². The summed E-state index contributed by atoms with van der Waals surface area (Å²) in [5, 5.41) is 7.90. The molecule has 0 N–H and O–H groups in total. The lowest BCUT2D eigenvalue weighted by Gasteiger charge is -2.25. The lowest BCUT2D eigenvalue weighted by molar-refractivity contribution is 0.414. The number of methoxy groups -OCH3 is 1. The summed E-state index contributed by atoms with van der Waals surface area (Å²) in [6.07, 6.45) is 1.64. The predicted molar refractivity (Wildman–Crippen MR) is 110 cm³/mol. The first-order chi connectivity index (χ1) is 14.8. The zero-order chi connectivity index (χ0) is 22.2. The molecule has 2 aromatic heterocycles. The molecule has 2 heterocycles. The highest BCUT2D eigenvalue weighted by Gasteiger charge is 2.29. The van der Waals surface area contributed by atoms with Crippen LogP contribution in [0.25, 0.3) is 5.65 Å². The van der Waals surface area contributed by atoms with Crippen LogP contribution in [0.3, 0.4) is 0 Å². The van der Waals surface area contributed by atoms with Crippen molar-refractivity contribution in [3.8, 4) is 5.75 Å². The molecule has 0 unspecified atom stereocenters. The molecule has 0 spiro atoms. The monoisotopic (exact) mass is 444 g/mol. The van der Waals surface area contributed by atoms with Crippen LogP contribution in [-0.4, -0.2) is 30.1 Å². The molecule has 0 aliphatic rings. The first-order valence-electron chi connectivity index (χ1n) is 9.22. The van der Waals surface area contributed by atoms with Crippen LogP contribution in [-0.2, 0) is 16.6 Å². The normalized spacial score (nSPS) is 11.6. The van der Waals surface area contributed by atoms with Crippen LogP contribution in [0.1, 0.15) is 11.4 Å². The van der Waals surface area contributed by atoms with Crippen LogP contribution in [0.5, 0.6) is 5.75 Å². The quantitative estimate of drug-likeness (QED) is 0.453. The Morgan fingerprint density at radius 1 is 1.03 bits per heavy atom. The van der Waals surface area contributed by atoms with Crippen molar-refractivity contribution in [3.05, 3.63) is 83.8 Å². The molecule has 0 radical (unpaired) electrons. The second-order valence-electron chi connectivity index (χ2n) is 6.80. The Bertz CT molecular complexity index is 1350. The largest absolute Gasteiger partial charge is 0.497 e. The summed E-state index contributed by atoms with van der Waals surface area (Å²) < 4.78 is 63.1. The van der Waals surface area contributed by atoms with Crippen molar-refractivity contribution in [1.82, 2.24) is 14.6 Å². The van der Waals surface area contributed by atoms with Crippen molar-refractivity contribution in [1.29, 1.82) is 0 Å². The van der Waals surface area contributed by atoms with E-state index in [1.807, 2.05) is 0 Å². The van der Waals surface area contributed by atoms with Crippen molar-refractivity contribution in [2.24, 2.45) is 0 Å². The Hall–Kier alpha value is -3.53. The minimum Gasteiger partial charge on any atom is -0.497 e. The maximum Gasteiger partial charge on any atom is 0.268 e. The van der Waals surface area contributed by atoms with Crippen molar-refractivity contribution in [3.63, 3.8) is 0 Å². The summed E-state index contributed by atoms with van der Waals surface area (Å²) >= 11 is 0. The summed E-state index contributed by atoms with van der Waals surface area (Å²) in [7, 11) is -2.79. The van der Waals surface area contributed by atoms with Crippen LogP contribution in [0.2, 0.25) is 0 Å². The molecule has 10 heteroatoms. The molecule has 0 saturated heterocycles. The van der Waals surface area contributed by atoms with E-state index in [4.69, 9.17) is 4.74 Å². The van der Waals surface area contributed by atoms with Gasteiger partial charge in [0.2, 0.25) is 0 Å². The molecular formula is C21H18F2N4O3S. The van der Waals surface area contributed by atoms with Gasteiger partial charge in [-0.05, 0) is 48.9 Å². The molecule has 0 amide bonds. The molecule has 7 nitrogen and oxygen atoms in total. The van der Waals surface area contributed by atoms with Gasteiger partial charge in [0, 0.05) is 12.3 Å². The van der Waals surface area contributed by atoms with Gasteiger partial charge in [-0.1, -0.05) is 12.1 Å². The predicted octanol–water partition coefficient (Wildman–Crippen LogP) is 3.72. The van der Waals surface area contributed by atoms with Crippen LogP contribution >= 0.6 is 0 Å². The van der Waals surface area contributed by atoms with Gasteiger partial charge < -0.3 is 4.74 Å². The number of nitrogens with zero attached hydrogens (tertiary/aromatic N) is 4. The van der Waals surface area contributed by atoms with E-state index in [1.165, 1.54) is 17.6 Å². The number of hydrogen-bond acceptors (Lipinski definition) is 5. The van der Waals surface area contributed by atoms with Crippen LogP contribution in [0.4, 0.5) is 14.5 Å². The number of hydrogen-bond donors (Lipinski definition) is 0. The first kappa shape index (κ1) is 20.7. The number of ether oxygens (including phenoxy) is 1. The van der Waals surface area contributed by atoms with Gasteiger partial charge in [0.05, 0.1) is 19.3 Å². The van der Waals surface area contributed by atoms with Crippen molar-refractivity contribution < 1.29 is 21.9 Å². The number of halogens is 2. The first-order valence-corrected chi connectivity index (χ1v) is 10.7. The molecule has 31 heavy (non-hydrogen) atoms. The Morgan fingerprint density at radius 2 is 1.77 bits per heavy atom. The molecule has 0 saturated carbocycles. The molecule has 0 fully saturated rings. The van der Waals surface area contributed by atoms with E-state index in [0.29, 0.717) is 23.2 Å². The molecule has 160 valence electrons. The number of fused-ring (bicyclic) bond motifs is 1. The standard InChI is InChI=1S/C21H18F2N4O3S/c1-14-24-25-21-20(7-4-8-26(14)21)31(28,29)27(18-11-16(22)10-17(23)12-18)13-15-5-3-6-19(9-15)30-2/h3-12H,13H2,1-2H3. The topological polar surface area (TPSA) is 76.8 Å². The third kappa shape index (κ3) is 3.93. The lowest BCUT2D eigenvalue weighted by Crippen LogP contribution is -2.31. The number of pyridine rings is 1. The van der Waals surface area contributed by atoms with Gasteiger partial charge in [0.15, 0.2) is 5.65 Å². The fraction of sp³-hybridized carbons (Fsp3) is 0.143. The molecule has 0 atom stereocenters. The van der Waals surface area contributed by atoms with E-state index in [0.717, 1.165) is 16.4 Å². The van der Waals surface area contributed by atoms with E-state index in [1.54, 1.807) is 43.5 Å². The number of aromatic nitrogens is 3. The average Bonchev–Trinajstić information content (AvgIpc) is 3.12. The molecule has 0 bridgehead atoms. The summed E-state index contributed by atoms with van der Waals surface area (Å²) in [5.74, 6) is -0.756. The van der Waals surface area contributed by atoms with Crippen molar-refractivity contribution in [2.45, 2.75) is 18.4 Å². The van der Waals surface area contributed by atoms with E-state index in [9.17, 15) is 17.2 Å². The minimum atomic E-state index is -4.28. The fourth-order valence-corrected chi connectivity index (χ4v) is 4.82. The molecule has 0 aliphatic carbocycles. The highest BCUT2D eigenvalue weighted by molar-refractivity contribution is 7.93. The lowest BCUT2D eigenvalue weighted by atomic mass is 10.2. The molecule has 4 rings (SSSR count). The second kappa shape index (κ2) is 7.95. The maximum absolute atomic E-state index is 14.0. The highest BCUT2D eigenvalue weighted by Crippen LogP contribution is 2.30. The van der Waals surface area contributed by atoms with E-state index in [2.05, 4.69) is 10.2 Å².